The van der Waals surface area contributed by atoms with Gasteiger partial charge in [0.25, 0.3) is 5.91 Å². The molecule has 0 bridgehead atoms. The third-order valence-electron chi connectivity index (χ3n) is 2.84. The molecule has 1 heterocycles. The van der Waals surface area contributed by atoms with E-state index in [1.807, 2.05) is 24.0 Å². The first-order chi connectivity index (χ1) is 7.58. The van der Waals surface area contributed by atoms with Crippen LogP contribution in [0.2, 0.25) is 5.02 Å². The summed E-state index contributed by atoms with van der Waals surface area (Å²) in [5.41, 5.74) is 1.70. The molecule has 0 aromatic heterocycles. The molecule has 1 saturated heterocycles. The largest absolute Gasteiger partial charge is 0.337 e. The molecule has 1 amide bonds. The van der Waals surface area contributed by atoms with Crippen molar-refractivity contribution in [1.82, 2.24) is 4.90 Å². The fourth-order valence-corrected chi connectivity index (χ4v) is 2.72. The van der Waals surface area contributed by atoms with Crippen molar-refractivity contribution in [2.24, 2.45) is 0 Å². The lowest BCUT2D eigenvalue weighted by Crippen LogP contribution is -2.29. The summed E-state index contributed by atoms with van der Waals surface area (Å²) in [6, 6.07) is 5.40. The third kappa shape index (κ3) is 2.41. The van der Waals surface area contributed by atoms with E-state index < -0.39 is 0 Å². The first-order valence-corrected chi connectivity index (χ1v) is 6.57. The summed E-state index contributed by atoms with van der Waals surface area (Å²) in [4.78, 5) is 14.5. The van der Waals surface area contributed by atoms with Crippen molar-refractivity contribution in [3.63, 3.8) is 0 Å². The van der Waals surface area contributed by atoms with Crippen LogP contribution in [0.5, 0.6) is 0 Å². The second-order valence-electron chi connectivity index (χ2n) is 4.10. The Morgan fingerprint density at radius 3 is 2.88 bits per heavy atom. The standard InChI is InChI=1S/C12H13BrClNO/c1-8-6-10(14)2-3-11(8)12(16)15-5-4-9(13)7-15/h2-3,6,9H,4-5,7H2,1H3. The minimum absolute atomic E-state index is 0.108. The quantitative estimate of drug-likeness (QED) is 0.729. The molecule has 0 radical (unpaired) electrons. The molecule has 1 aromatic rings. The maximum absolute atomic E-state index is 12.2. The maximum Gasteiger partial charge on any atom is 0.254 e. The van der Waals surface area contributed by atoms with E-state index in [0.717, 1.165) is 30.6 Å². The summed E-state index contributed by atoms with van der Waals surface area (Å²) < 4.78 is 0. The normalized spacial score (nSPS) is 20.2. The smallest absolute Gasteiger partial charge is 0.254 e. The Bertz CT molecular complexity index is 421. The Hall–Kier alpha value is -0.540. The van der Waals surface area contributed by atoms with Gasteiger partial charge in [0.15, 0.2) is 0 Å². The summed E-state index contributed by atoms with van der Waals surface area (Å²) in [5, 5.41) is 0.675. The number of benzene rings is 1. The SMILES string of the molecule is Cc1cc(Cl)ccc1C(=O)N1CCC(Br)C1. The second kappa shape index (κ2) is 4.76. The zero-order chi connectivity index (χ0) is 11.7. The molecule has 1 unspecified atom stereocenters. The topological polar surface area (TPSA) is 20.3 Å². The van der Waals surface area contributed by atoms with E-state index in [9.17, 15) is 4.79 Å². The van der Waals surface area contributed by atoms with E-state index >= 15 is 0 Å². The number of aryl methyl sites for hydroxylation is 1. The summed E-state index contributed by atoms with van der Waals surface area (Å²) in [5.74, 6) is 0.108. The van der Waals surface area contributed by atoms with Crippen LogP contribution in [0.3, 0.4) is 0 Å². The first kappa shape index (κ1) is 11.9. The molecule has 16 heavy (non-hydrogen) atoms. The molecule has 86 valence electrons. The highest BCUT2D eigenvalue weighted by molar-refractivity contribution is 9.09. The van der Waals surface area contributed by atoms with Gasteiger partial charge >= 0.3 is 0 Å². The predicted molar refractivity (Wildman–Crippen MR) is 69.4 cm³/mol. The van der Waals surface area contributed by atoms with Crippen molar-refractivity contribution in [3.8, 4) is 0 Å². The lowest BCUT2D eigenvalue weighted by molar-refractivity contribution is 0.0793. The number of carbonyl (C=O) groups is 1. The monoisotopic (exact) mass is 301 g/mol. The fourth-order valence-electron chi connectivity index (χ4n) is 1.94. The van der Waals surface area contributed by atoms with Gasteiger partial charge in [0.2, 0.25) is 0 Å². The average Bonchev–Trinajstić information content (AvgIpc) is 2.64. The zero-order valence-corrected chi connectivity index (χ0v) is 11.4. The number of carbonyl (C=O) groups excluding carboxylic acids is 1. The van der Waals surface area contributed by atoms with Crippen LogP contribution in [0.25, 0.3) is 0 Å². The Morgan fingerprint density at radius 1 is 1.56 bits per heavy atom. The number of halogens is 2. The van der Waals surface area contributed by atoms with Gasteiger partial charge in [-0.3, -0.25) is 4.79 Å². The van der Waals surface area contributed by atoms with Gasteiger partial charge in [-0.25, -0.2) is 0 Å². The highest BCUT2D eigenvalue weighted by Gasteiger charge is 2.25. The van der Waals surface area contributed by atoms with Crippen molar-refractivity contribution in [2.45, 2.75) is 18.2 Å². The number of likely N-dealkylation sites (tertiary alicyclic amines) is 1. The minimum atomic E-state index is 0.108. The van der Waals surface area contributed by atoms with Crippen molar-refractivity contribution in [2.75, 3.05) is 13.1 Å². The molecule has 2 nitrogen and oxygen atoms in total. The second-order valence-corrected chi connectivity index (χ2v) is 5.83. The molecule has 1 aliphatic rings. The van der Waals surface area contributed by atoms with Crippen LogP contribution in [-0.2, 0) is 0 Å². The lowest BCUT2D eigenvalue weighted by Gasteiger charge is -2.17. The molecule has 1 aromatic carbocycles. The lowest BCUT2D eigenvalue weighted by atomic mass is 10.1. The number of nitrogens with zero attached hydrogens (tertiary/aromatic N) is 1. The number of hydrogen-bond acceptors (Lipinski definition) is 1. The van der Waals surface area contributed by atoms with Crippen molar-refractivity contribution >= 4 is 33.4 Å². The Morgan fingerprint density at radius 2 is 2.31 bits per heavy atom. The fraction of sp³-hybridized carbons (Fsp3) is 0.417. The van der Waals surface area contributed by atoms with Gasteiger partial charge in [0.1, 0.15) is 0 Å². The number of rotatable bonds is 1. The number of alkyl halides is 1. The van der Waals surface area contributed by atoms with Gasteiger partial charge in [0, 0.05) is 28.5 Å². The van der Waals surface area contributed by atoms with Crippen LogP contribution < -0.4 is 0 Å². The average molecular weight is 303 g/mol. The molecular weight excluding hydrogens is 289 g/mol. The summed E-state index contributed by atoms with van der Waals surface area (Å²) in [7, 11) is 0. The van der Waals surface area contributed by atoms with Gasteiger partial charge in [-0.1, -0.05) is 27.5 Å². The van der Waals surface area contributed by atoms with Crippen LogP contribution >= 0.6 is 27.5 Å². The van der Waals surface area contributed by atoms with Gasteiger partial charge in [0.05, 0.1) is 0 Å². The predicted octanol–water partition coefficient (Wildman–Crippen LogP) is 3.26. The maximum atomic E-state index is 12.2. The molecule has 4 heteroatoms. The Labute approximate surface area is 109 Å². The van der Waals surface area contributed by atoms with E-state index in [4.69, 9.17) is 11.6 Å². The molecule has 0 saturated carbocycles. The summed E-state index contributed by atoms with van der Waals surface area (Å²) in [6.45, 7) is 3.54. The van der Waals surface area contributed by atoms with E-state index in [1.165, 1.54) is 0 Å². The van der Waals surface area contributed by atoms with Crippen LogP contribution in [0.4, 0.5) is 0 Å². The van der Waals surface area contributed by atoms with E-state index in [0.29, 0.717) is 9.85 Å². The van der Waals surface area contributed by atoms with Gasteiger partial charge < -0.3 is 4.90 Å². The molecule has 0 aliphatic carbocycles. The summed E-state index contributed by atoms with van der Waals surface area (Å²) in [6.07, 6.45) is 1.03. The van der Waals surface area contributed by atoms with Crippen molar-refractivity contribution < 1.29 is 4.79 Å². The van der Waals surface area contributed by atoms with E-state index in [2.05, 4.69) is 15.9 Å². The Balaban J connectivity index is 2.21. The molecule has 1 atom stereocenters. The highest BCUT2D eigenvalue weighted by atomic mass is 79.9. The van der Waals surface area contributed by atoms with Crippen molar-refractivity contribution in [3.05, 3.63) is 34.3 Å². The Kier molecular flexibility index (Phi) is 3.55. The minimum Gasteiger partial charge on any atom is -0.337 e. The molecule has 0 N–H and O–H groups in total. The zero-order valence-electron chi connectivity index (χ0n) is 9.04. The third-order valence-corrected chi connectivity index (χ3v) is 3.82. The summed E-state index contributed by atoms with van der Waals surface area (Å²) >= 11 is 9.41. The van der Waals surface area contributed by atoms with E-state index in [1.54, 1.807) is 6.07 Å². The van der Waals surface area contributed by atoms with Gasteiger partial charge in [-0.15, -0.1) is 0 Å². The van der Waals surface area contributed by atoms with Gasteiger partial charge in [-0.2, -0.15) is 0 Å². The number of amides is 1. The highest BCUT2D eigenvalue weighted by Crippen LogP contribution is 2.21. The van der Waals surface area contributed by atoms with Crippen LogP contribution in [0, 0.1) is 6.92 Å². The van der Waals surface area contributed by atoms with Crippen molar-refractivity contribution in [1.29, 1.82) is 0 Å². The molecular formula is C12H13BrClNO. The molecule has 1 aliphatic heterocycles. The molecule has 2 rings (SSSR count). The van der Waals surface area contributed by atoms with Crippen LogP contribution in [0.1, 0.15) is 22.3 Å². The molecule has 0 spiro atoms. The molecule has 1 fully saturated rings. The number of hydrogen-bond donors (Lipinski definition) is 0. The van der Waals surface area contributed by atoms with Crippen LogP contribution in [0.15, 0.2) is 18.2 Å². The first-order valence-electron chi connectivity index (χ1n) is 5.27. The van der Waals surface area contributed by atoms with Crippen LogP contribution in [-0.4, -0.2) is 28.7 Å². The van der Waals surface area contributed by atoms with Gasteiger partial charge in [-0.05, 0) is 37.1 Å². The van der Waals surface area contributed by atoms with E-state index in [-0.39, 0.29) is 5.91 Å².